The summed E-state index contributed by atoms with van der Waals surface area (Å²) in [6.45, 7) is 3.11. The molecule has 1 aromatic carbocycles. The molecule has 20 heavy (non-hydrogen) atoms. The van der Waals surface area contributed by atoms with Crippen LogP contribution in [0.1, 0.15) is 38.2 Å². The first-order valence-corrected chi connectivity index (χ1v) is 8.66. The van der Waals surface area contributed by atoms with Crippen molar-refractivity contribution >= 4 is 17.7 Å². The van der Waals surface area contributed by atoms with E-state index >= 15 is 0 Å². The van der Waals surface area contributed by atoms with Crippen LogP contribution >= 0.6 is 11.8 Å². The van der Waals surface area contributed by atoms with Gasteiger partial charge in [0.25, 0.3) is 0 Å². The van der Waals surface area contributed by atoms with Gasteiger partial charge in [0.05, 0.1) is 4.75 Å². The second-order valence-corrected chi connectivity index (χ2v) is 7.78. The van der Waals surface area contributed by atoms with E-state index in [1.807, 2.05) is 17.8 Å². The number of nitrogens with zero attached hydrogens (tertiary/aromatic N) is 1. The normalized spacial score (nSPS) is 30.8. The third-order valence-corrected chi connectivity index (χ3v) is 5.99. The van der Waals surface area contributed by atoms with Gasteiger partial charge in [-0.1, -0.05) is 30.3 Å². The van der Waals surface area contributed by atoms with E-state index in [0.29, 0.717) is 11.9 Å². The van der Waals surface area contributed by atoms with Crippen molar-refractivity contribution in [2.45, 2.75) is 49.8 Å². The molecule has 2 atom stereocenters. The minimum absolute atomic E-state index is 0.284. The highest BCUT2D eigenvalue weighted by Gasteiger charge is 2.42. The third-order valence-electron chi connectivity index (χ3n) is 4.60. The molecule has 3 heteroatoms. The van der Waals surface area contributed by atoms with Crippen LogP contribution in [0.3, 0.4) is 0 Å². The summed E-state index contributed by atoms with van der Waals surface area (Å²) in [6, 6.07) is 10.9. The van der Waals surface area contributed by atoms with Crippen molar-refractivity contribution in [2.75, 3.05) is 12.3 Å². The zero-order chi connectivity index (χ0) is 14.0. The van der Waals surface area contributed by atoms with E-state index in [0.717, 1.165) is 18.7 Å². The maximum Gasteiger partial charge on any atom is 0.239 e. The fourth-order valence-corrected chi connectivity index (χ4v) is 4.82. The van der Waals surface area contributed by atoms with Gasteiger partial charge in [0.2, 0.25) is 5.91 Å². The summed E-state index contributed by atoms with van der Waals surface area (Å²) in [5, 5.41) is 0. The quantitative estimate of drug-likeness (QED) is 0.830. The summed E-state index contributed by atoms with van der Waals surface area (Å²) < 4.78 is -0.284. The SMILES string of the molecule is C[C@]1(Cc2ccccc2)SCC[C@@H]2CCCCN2C1=O. The fourth-order valence-electron chi connectivity index (χ4n) is 3.47. The first-order chi connectivity index (χ1) is 9.69. The van der Waals surface area contributed by atoms with E-state index in [1.54, 1.807) is 0 Å². The molecule has 0 aromatic heterocycles. The summed E-state index contributed by atoms with van der Waals surface area (Å²) in [4.78, 5) is 15.2. The van der Waals surface area contributed by atoms with Crippen LogP contribution in [0.4, 0.5) is 0 Å². The molecule has 2 aliphatic heterocycles. The highest BCUT2D eigenvalue weighted by atomic mass is 32.2. The lowest BCUT2D eigenvalue weighted by Gasteiger charge is -2.38. The number of rotatable bonds is 2. The molecular formula is C17H23NOS. The van der Waals surface area contributed by atoms with Gasteiger partial charge >= 0.3 is 0 Å². The maximum absolute atomic E-state index is 13.0. The van der Waals surface area contributed by atoms with Gasteiger partial charge in [-0.25, -0.2) is 0 Å². The Labute approximate surface area is 125 Å². The highest BCUT2D eigenvalue weighted by Crippen LogP contribution is 2.38. The Balaban J connectivity index is 1.82. The van der Waals surface area contributed by atoms with Crippen LogP contribution < -0.4 is 0 Å². The van der Waals surface area contributed by atoms with Gasteiger partial charge in [-0.2, -0.15) is 0 Å². The lowest BCUT2D eigenvalue weighted by Crippen LogP contribution is -2.50. The average Bonchev–Trinajstić information content (AvgIpc) is 2.59. The second-order valence-electron chi connectivity index (χ2n) is 6.18. The summed E-state index contributed by atoms with van der Waals surface area (Å²) in [5.74, 6) is 1.48. The van der Waals surface area contributed by atoms with E-state index < -0.39 is 0 Å². The van der Waals surface area contributed by atoms with Gasteiger partial charge in [-0.3, -0.25) is 4.79 Å². The van der Waals surface area contributed by atoms with E-state index in [1.165, 1.54) is 31.2 Å². The van der Waals surface area contributed by atoms with E-state index in [4.69, 9.17) is 0 Å². The van der Waals surface area contributed by atoms with E-state index in [9.17, 15) is 4.79 Å². The number of hydrogen-bond acceptors (Lipinski definition) is 2. The van der Waals surface area contributed by atoms with Crippen LogP contribution in [0.25, 0.3) is 0 Å². The number of thioether (sulfide) groups is 1. The summed E-state index contributed by atoms with van der Waals surface area (Å²) in [7, 11) is 0. The van der Waals surface area contributed by atoms with Crippen LogP contribution in [-0.4, -0.2) is 33.9 Å². The number of amides is 1. The third kappa shape index (κ3) is 2.73. The van der Waals surface area contributed by atoms with Gasteiger partial charge in [-0.05, 0) is 50.3 Å². The topological polar surface area (TPSA) is 20.3 Å². The van der Waals surface area contributed by atoms with Crippen molar-refractivity contribution in [1.29, 1.82) is 0 Å². The lowest BCUT2D eigenvalue weighted by atomic mass is 9.94. The number of benzene rings is 1. The van der Waals surface area contributed by atoms with Crippen molar-refractivity contribution < 1.29 is 4.79 Å². The summed E-state index contributed by atoms with van der Waals surface area (Å²) >= 11 is 1.86. The standard InChI is InChI=1S/C17H23NOS/c1-17(13-14-7-3-2-4-8-14)16(19)18-11-6-5-9-15(18)10-12-20-17/h2-4,7-8,15H,5-6,9-13H2,1H3/t15-,17+/m0/s1. The van der Waals surface area contributed by atoms with Crippen molar-refractivity contribution in [1.82, 2.24) is 4.90 Å². The van der Waals surface area contributed by atoms with Gasteiger partial charge in [-0.15, -0.1) is 11.8 Å². The van der Waals surface area contributed by atoms with Crippen LogP contribution in [-0.2, 0) is 11.2 Å². The molecule has 0 aliphatic carbocycles. The predicted molar refractivity (Wildman–Crippen MR) is 85.0 cm³/mol. The molecule has 2 nitrogen and oxygen atoms in total. The lowest BCUT2D eigenvalue weighted by molar-refractivity contribution is -0.136. The second kappa shape index (κ2) is 5.80. The fraction of sp³-hybridized carbons (Fsp3) is 0.588. The number of hydrogen-bond donors (Lipinski definition) is 0. The van der Waals surface area contributed by atoms with Gasteiger partial charge in [0.1, 0.15) is 0 Å². The molecule has 2 fully saturated rings. The molecule has 108 valence electrons. The molecular weight excluding hydrogens is 266 g/mol. The summed E-state index contributed by atoms with van der Waals surface area (Å²) in [6.07, 6.45) is 5.68. The first-order valence-electron chi connectivity index (χ1n) is 7.68. The Bertz CT molecular complexity index is 475. The molecule has 0 bridgehead atoms. The Hall–Kier alpha value is -0.960. The molecule has 2 aliphatic rings. The molecule has 0 spiro atoms. The van der Waals surface area contributed by atoms with Crippen LogP contribution in [0, 0.1) is 0 Å². The molecule has 0 radical (unpaired) electrons. The average molecular weight is 289 g/mol. The molecule has 3 rings (SSSR count). The van der Waals surface area contributed by atoms with Crippen molar-refractivity contribution in [3.63, 3.8) is 0 Å². The Morgan fingerprint density at radius 1 is 1.25 bits per heavy atom. The molecule has 2 saturated heterocycles. The summed E-state index contributed by atoms with van der Waals surface area (Å²) in [5.41, 5.74) is 1.27. The monoisotopic (exact) mass is 289 g/mol. The van der Waals surface area contributed by atoms with Gasteiger partial charge in [0.15, 0.2) is 0 Å². The highest BCUT2D eigenvalue weighted by molar-refractivity contribution is 8.01. The molecule has 1 aromatic rings. The number of fused-ring (bicyclic) bond motifs is 1. The van der Waals surface area contributed by atoms with Crippen LogP contribution in [0.5, 0.6) is 0 Å². The van der Waals surface area contributed by atoms with Gasteiger partial charge < -0.3 is 4.90 Å². The molecule has 1 amide bonds. The smallest absolute Gasteiger partial charge is 0.239 e. The minimum Gasteiger partial charge on any atom is -0.338 e. The van der Waals surface area contributed by atoms with Crippen LogP contribution in [0.15, 0.2) is 30.3 Å². The zero-order valence-corrected chi connectivity index (χ0v) is 13.0. The van der Waals surface area contributed by atoms with E-state index in [2.05, 4.69) is 36.1 Å². The maximum atomic E-state index is 13.0. The molecule has 0 unspecified atom stereocenters. The van der Waals surface area contributed by atoms with Crippen molar-refractivity contribution in [2.24, 2.45) is 0 Å². The number of piperidine rings is 1. The van der Waals surface area contributed by atoms with Crippen molar-refractivity contribution in [3.05, 3.63) is 35.9 Å². The molecule has 0 saturated carbocycles. The first kappa shape index (κ1) is 14.0. The largest absolute Gasteiger partial charge is 0.338 e. The predicted octanol–water partition coefficient (Wildman–Crippen LogP) is 3.51. The minimum atomic E-state index is -0.284. The Morgan fingerprint density at radius 2 is 2.05 bits per heavy atom. The Kier molecular flexibility index (Phi) is 4.06. The van der Waals surface area contributed by atoms with Gasteiger partial charge in [0, 0.05) is 12.6 Å². The van der Waals surface area contributed by atoms with E-state index in [-0.39, 0.29) is 4.75 Å². The Morgan fingerprint density at radius 3 is 2.85 bits per heavy atom. The van der Waals surface area contributed by atoms with Crippen molar-refractivity contribution in [3.8, 4) is 0 Å². The number of carbonyl (C=O) groups is 1. The van der Waals surface area contributed by atoms with Crippen LogP contribution in [0.2, 0.25) is 0 Å². The zero-order valence-electron chi connectivity index (χ0n) is 12.2. The number of carbonyl (C=O) groups excluding carboxylic acids is 1. The molecule has 2 heterocycles. The molecule has 0 N–H and O–H groups in total.